The molecule has 0 aliphatic heterocycles. The predicted octanol–water partition coefficient (Wildman–Crippen LogP) is 9.22. The number of hydrogen-bond donors (Lipinski definition) is 0. The molecule has 236 valence electrons. The van der Waals surface area contributed by atoms with Crippen LogP contribution in [-0.4, -0.2) is 43.8 Å². The third-order valence-electron chi connectivity index (χ3n) is 10.2. The van der Waals surface area contributed by atoms with E-state index in [0.717, 1.165) is 48.5 Å². The van der Waals surface area contributed by atoms with E-state index in [1.807, 2.05) is 0 Å². The van der Waals surface area contributed by atoms with Crippen LogP contribution in [0.4, 0.5) is 0 Å². The van der Waals surface area contributed by atoms with Gasteiger partial charge in [0.1, 0.15) is 0 Å². The monoisotopic (exact) mass is 581 g/mol. The standard InChI is InChI=1S/C20H36O4.C17H23N/c1-2-3-4-5-6-7-8-9-10-11-12-13-14-15-16-17-20(22)24-19-23-18-21;1-3-18(2)16-14-10-9-13-11-17(13,14)15(16)12-7-5-4-6-8-12/h9-10,18H,2-8,11-17,19H2,1H3;4-8,13-16H,3,9-11H2,1-2H3/b10-9-;. The smallest absolute Gasteiger partial charge is 0.308 e. The van der Waals surface area contributed by atoms with Crippen LogP contribution in [0.2, 0.25) is 0 Å². The first-order valence-electron chi connectivity index (χ1n) is 17.2. The lowest BCUT2D eigenvalue weighted by atomic mass is 9.55. The Morgan fingerprint density at radius 1 is 0.905 bits per heavy atom. The molecule has 3 fully saturated rings. The van der Waals surface area contributed by atoms with Crippen molar-refractivity contribution in [1.29, 1.82) is 0 Å². The molecule has 5 atom stereocenters. The Hall–Kier alpha value is -2.14. The van der Waals surface area contributed by atoms with E-state index < -0.39 is 0 Å². The third-order valence-corrected chi connectivity index (χ3v) is 10.2. The normalized spacial score (nSPS) is 25.2. The second-order valence-electron chi connectivity index (χ2n) is 12.9. The van der Waals surface area contributed by atoms with Crippen LogP contribution < -0.4 is 0 Å². The lowest BCUT2D eigenvalue weighted by Crippen LogP contribution is -2.57. The summed E-state index contributed by atoms with van der Waals surface area (Å²) in [5, 5.41) is 0. The summed E-state index contributed by atoms with van der Waals surface area (Å²) in [6.45, 7) is 5.74. The second-order valence-corrected chi connectivity index (χ2v) is 12.9. The molecule has 1 aromatic rings. The molecule has 42 heavy (non-hydrogen) atoms. The molecule has 5 heteroatoms. The fourth-order valence-corrected chi connectivity index (χ4v) is 7.85. The minimum Gasteiger partial charge on any atom is -0.430 e. The lowest BCUT2D eigenvalue weighted by molar-refractivity contribution is -0.160. The summed E-state index contributed by atoms with van der Waals surface area (Å²) < 4.78 is 9.00. The highest BCUT2D eigenvalue weighted by molar-refractivity contribution is 5.69. The van der Waals surface area contributed by atoms with Crippen molar-refractivity contribution < 1.29 is 19.1 Å². The van der Waals surface area contributed by atoms with Crippen LogP contribution in [-0.2, 0) is 19.1 Å². The Labute approximate surface area is 256 Å². The van der Waals surface area contributed by atoms with Gasteiger partial charge < -0.3 is 14.4 Å². The maximum absolute atomic E-state index is 11.2. The van der Waals surface area contributed by atoms with Crippen molar-refractivity contribution in [1.82, 2.24) is 4.90 Å². The van der Waals surface area contributed by atoms with Crippen LogP contribution in [0.5, 0.6) is 0 Å². The molecule has 5 nitrogen and oxygen atoms in total. The molecule has 0 N–H and O–H groups in total. The number of rotatable bonds is 21. The Morgan fingerprint density at radius 3 is 2.17 bits per heavy atom. The van der Waals surface area contributed by atoms with Gasteiger partial charge >= 0.3 is 5.97 Å². The highest BCUT2D eigenvalue weighted by atomic mass is 16.7. The lowest BCUT2D eigenvalue weighted by Gasteiger charge is -2.56. The minimum atomic E-state index is -0.297. The van der Waals surface area contributed by atoms with Crippen molar-refractivity contribution in [2.45, 2.75) is 135 Å². The molecule has 4 rings (SSSR count). The van der Waals surface area contributed by atoms with E-state index in [-0.39, 0.29) is 19.2 Å². The quantitative estimate of drug-likeness (QED) is 0.0476. The summed E-state index contributed by atoms with van der Waals surface area (Å²) in [4.78, 5) is 23.7. The van der Waals surface area contributed by atoms with Gasteiger partial charge in [-0.15, -0.1) is 0 Å². The summed E-state index contributed by atoms with van der Waals surface area (Å²) in [5.74, 6) is 2.59. The predicted molar refractivity (Wildman–Crippen MR) is 172 cm³/mol. The van der Waals surface area contributed by atoms with Crippen molar-refractivity contribution in [3.8, 4) is 0 Å². The molecule has 5 unspecified atom stereocenters. The number of esters is 1. The number of likely N-dealkylation sites (N-methyl/N-ethyl adjacent to an activating group) is 1. The van der Waals surface area contributed by atoms with Crippen molar-refractivity contribution in [3.63, 3.8) is 0 Å². The second kappa shape index (κ2) is 19.2. The number of carbonyl (C=O) groups is 2. The van der Waals surface area contributed by atoms with Crippen LogP contribution in [0, 0.1) is 17.3 Å². The zero-order valence-electron chi connectivity index (χ0n) is 26.9. The highest BCUT2D eigenvalue weighted by Gasteiger charge is 2.76. The van der Waals surface area contributed by atoms with Crippen LogP contribution in [0.3, 0.4) is 0 Å². The Bertz CT molecular complexity index is 918. The molecule has 1 spiro atoms. The Balaban J connectivity index is 0.000000237. The van der Waals surface area contributed by atoms with Gasteiger partial charge in [0.25, 0.3) is 6.47 Å². The summed E-state index contributed by atoms with van der Waals surface area (Å²) in [6.07, 6.45) is 25.6. The van der Waals surface area contributed by atoms with Gasteiger partial charge in [-0.25, -0.2) is 0 Å². The number of hydrogen-bond acceptors (Lipinski definition) is 5. The molecule has 3 aliphatic rings. The summed E-state index contributed by atoms with van der Waals surface area (Å²) in [6, 6.07) is 12.1. The number of allylic oxidation sites excluding steroid dienone is 2. The van der Waals surface area contributed by atoms with E-state index in [9.17, 15) is 9.59 Å². The third kappa shape index (κ3) is 9.96. The zero-order chi connectivity index (χ0) is 30.0. The molecule has 0 radical (unpaired) electrons. The fourth-order valence-electron chi connectivity index (χ4n) is 7.85. The number of ether oxygens (including phenoxy) is 2. The van der Waals surface area contributed by atoms with Crippen LogP contribution in [0.25, 0.3) is 0 Å². The van der Waals surface area contributed by atoms with Gasteiger partial charge in [0.15, 0.2) is 0 Å². The largest absolute Gasteiger partial charge is 0.430 e. The molecule has 0 aromatic heterocycles. The number of unbranched alkanes of at least 4 members (excludes halogenated alkanes) is 11. The average molecular weight is 582 g/mol. The summed E-state index contributed by atoms with van der Waals surface area (Å²) in [7, 11) is 2.32. The maximum atomic E-state index is 11.2. The van der Waals surface area contributed by atoms with Crippen molar-refractivity contribution in [2.24, 2.45) is 17.3 Å². The molecule has 0 saturated heterocycles. The first kappa shape index (κ1) is 34.4. The number of carbonyl (C=O) groups excluding carboxylic acids is 2. The first-order chi connectivity index (χ1) is 20.6. The van der Waals surface area contributed by atoms with E-state index in [1.54, 1.807) is 5.56 Å². The number of benzene rings is 1. The molecule has 3 aliphatic carbocycles. The molecule has 1 aromatic carbocycles. The molecule has 0 bridgehead atoms. The summed E-state index contributed by atoms with van der Waals surface area (Å²) >= 11 is 0. The molecular weight excluding hydrogens is 522 g/mol. The van der Waals surface area contributed by atoms with Crippen molar-refractivity contribution in [2.75, 3.05) is 20.4 Å². The maximum Gasteiger partial charge on any atom is 0.308 e. The van der Waals surface area contributed by atoms with E-state index in [0.29, 0.717) is 6.42 Å². The van der Waals surface area contributed by atoms with Gasteiger partial charge in [0.2, 0.25) is 6.79 Å². The van der Waals surface area contributed by atoms with Crippen LogP contribution >= 0.6 is 0 Å². The topological polar surface area (TPSA) is 55.8 Å². The van der Waals surface area contributed by atoms with Crippen molar-refractivity contribution in [3.05, 3.63) is 48.0 Å². The van der Waals surface area contributed by atoms with E-state index >= 15 is 0 Å². The molecule has 0 amide bonds. The van der Waals surface area contributed by atoms with Gasteiger partial charge in [-0.2, -0.15) is 0 Å². The van der Waals surface area contributed by atoms with E-state index in [1.165, 1.54) is 90.0 Å². The fraction of sp³-hybridized carbons (Fsp3) is 0.730. The highest BCUT2D eigenvalue weighted by Crippen LogP contribution is 2.81. The number of nitrogens with zero attached hydrogens (tertiary/aromatic N) is 1. The molecular formula is C37H59NO4. The Morgan fingerprint density at radius 2 is 1.55 bits per heavy atom. The average Bonchev–Trinajstić information content (AvgIpc) is 3.68. The van der Waals surface area contributed by atoms with Crippen LogP contribution in [0.15, 0.2) is 42.5 Å². The zero-order valence-corrected chi connectivity index (χ0v) is 26.9. The van der Waals surface area contributed by atoms with E-state index in [4.69, 9.17) is 4.74 Å². The van der Waals surface area contributed by atoms with Crippen molar-refractivity contribution >= 4 is 12.4 Å². The SMILES string of the molecule is CCCCCCCC/C=C\CCCCCCCC(=O)OCOC=O.CCN(C)C1C2CCC3CC32C1c1ccccc1. The van der Waals surface area contributed by atoms with Gasteiger partial charge in [-0.1, -0.05) is 108 Å². The summed E-state index contributed by atoms with van der Waals surface area (Å²) in [5.41, 5.74) is 2.33. The van der Waals surface area contributed by atoms with Crippen LogP contribution in [0.1, 0.15) is 134 Å². The van der Waals surface area contributed by atoms with Gasteiger partial charge in [-0.05, 0) is 87.8 Å². The van der Waals surface area contributed by atoms with Gasteiger partial charge in [0.05, 0.1) is 0 Å². The van der Waals surface area contributed by atoms with Gasteiger partial charge in [0, 0.05) is 18.4 Å². The van der Waals surface area contributed by atoms with E-state index in [2.05, 4.69) is 73.0 Å². The molecule has 3 saturated carbocycles. The minimum absolute atomic E-state index is 0.270. The van der Waals surface area contributed by atoms with Gasteiger partial charge in [-0.3, -0.25) is 9.59 Å². The first-order valence-corrected chi connectivity index (χ1v) is 17.2. The Kier molecular flexibility index (Phi) is 15.7. The molecule has 0 heterocycles.